The van der Waals surface area contributed by atoms with Crippen LogP contribution in [0.1, 0.15) is 16.7 Å². The summed E-state index contributed by atoms with van der Waals surface area (Å²) in [5.74, 6) is -0.0112. The number of nitrogens with zero attached hydrogens (tertiary/aromatic N) is 1. The molecule has 0 atom stereocenters. The molecule has 0 spiro atoms. The Hall–Kier alpha value is -3.44. The second-order valence-electron chi connectivity index (χ2n) is 5.88. The number of nitrogens with one attached hydrogen (secondary N) is 1. The van der Waals surface area contributed by atoms with Gasteiger partial charge in [-0.3, -0.25) is 4.79 Å². The summed E-state index contributed by atoms with van der Waals surface area (Å²) in [6, 6.07) is 24.9. The van der Waals surface area contributed by atoms with Gasteiger partial charge < -0.3 is 9.84 Å². The summed E-state index contributed by atoms with van der Waals surface area (Å²) in [5, 5.41) is 15.3. The van der Waals surface area contributed by atoms with Crippen molar-refractivity contribution in [1.29, 1.82) is 0 Å². The third-order valence-electron chi connectivity index (χ3n) is 4.22. The molecule has 2 N–H and O–H groups in total. The molecule has 3 aromatic carbocycles. The Morgan fingerprint density at radius 2 is 1.44 bits per heavy atom. The first-order valence-electron chi connectivity index (χ1n) is 8.46. The lowest BCUT2D eigenvalue weighted by Gasteiger charge is -2.27. The van der Waals surface area contributed by atoms with Crippen LogP contribution in [0.3, 0.4) is 0 Å². The van der Waals surface area contributed by atoms with Crippen molar-refractivity contribution in [2.45, 2.75) is 5.60 Å². The molecule has 5 heteroatoms. The molecule has 0 radical (unpaired) electrons. The van der Waals surface area contributed by atoms with Crippen molar-refractivity contribution in [1.82, 2.24) is 5.43 Å². The first kappa shape index (κ1) is 18.4. The number of rotatable bonds is 6. The molecule has 0 saturated heterocycles. The summed E-state index contributed by atoms with van der Waals surface area (Å²) >= 11 is 0. The van der Waals surface area contributed by atoms with E-state index < -0.39 is 11.5 Å². The van der Waals surface area contributed by atoms with Crippen molar-refractivity contribution in [2.24, 2.45) is 5.10 Å². The average molecular weight is 360 g/mol. The molecule has 3 aromatic rings. The topological polar surface area (TPSA) is 70.9 Å². The molecule has 0 aliphatic heterocycles. The lowest BCUT2D eigenvalue weighted by Crippen LogP contribution is -2.43. The molecular formula is C22H20N2O3. The van der Waals surface area contributed by atoms with Gasteiger partial charge in [0.05, 0.1) is 13.3 Å². The van der Waals surface area contributed by atoms with Crippen LogP contribution in [0, 0.1) is 0 Å². The summed E-state index contributed by atoms with van der Waals surface area (Å²) < 4.78 is 5.26. The highest BCUT2D eigenvalue weighted by Crippen LogP contribution is 2.29. The number of carbonyl (C=O) groups excluding carboxylic acids is 1. The molecule has 136 valence electrons. The Morgan fingerprint density at radius 1 is 0.926 bits per heavy atom. The Morgan fingerprint density at radius 3 is 2.00 bits per heavy atom. The lowest BCUT2D eigenvalue weighted by molar-refractivity contribution is -0.136. The highest BCUT2D eigenvalue weighted by Gasteiger charge is 2.39. The van der Waals surface area contributed by atoms with E-state index in [-0.39, 0.29) is 0 Å². The zero-order valence-corrected chi connectivity index (χ0v) is 14.9. The van der Waals surface area contributed by atoms with Crippen LogP contribution in [-0.2, 0) is 10.4 Å². The monoisotopic (exact) mass is 360 g/mol. The minimum atomic E-state index is -1.86. The van der Waals surface area contributed by atoms with Gasteiger partial charge in [0, 0.05) is 5.56 Å². The van der Waals surface area contributed by atoms with E-state index in [0.29, 0.717) is 22.4 Å². The number of hydrogen-bond acceptors (Lipinski definition) is 4. The van der Waals surface area contributed by atoms with E-state index in [2.05, 4.69) is 10.5 Å². The fraction of sp³-hybridized carbons (Fsp3) is 0.0909. The molecule has 0 aromatic heterocycles. The second-order valence-corrected chi connectivity index (χ2v) is 5.88. The predicted octanol–water partition coefficient (Wildman–Crippen LogP) is 3.08. The number of aliphatic hydroxyl groups is 1. The molecule has 0 saturated carbocycles. The molecule has 0 fully saturated rings. The van der Waals surface area contributed by atoms with Crippen LogP contribution in [0.25, 0.3) is 0 Å². The molecule has 1 amide bonds. The Kier molecular flexibility index (Phi) is 5.64. The van der Waals surface area contributed by atoms with E-state index in [1.807, 2.05) is 30.3 Å². The van der Waals surface area contributed by atoms with E-state index in [9.17, 15) is 9.90 Å². The third-order valence-corrected chi connectivity index (χ3v) is 4.22. The highest BCUT2D eigenvalue weighted by molar-refractivity contribution is 5.91. The van der Waals surface area contributed by atoms with Gasteiger partial charge in [0.2, 0.25) is 0 Å². The Labute approximate surface area is 157 Å². The Balaban J connectivity index is 1.89. The quantitative estimate of drug-likeness (QED) is 0.524. The standard InChI is InChI=1S/C22H20N2O3/c1-27-20-15-9-8-10-17(20)16-23-24-21(25)22(26,18-11-4-2-5-12-18)19-13-6-3-7-14-19/h2-16,26H,1H3,(H,24,25)/b23-16+. The number of para-hydroxylation sites is 1. The summed E-state index contributed by atoms with van der Waals surface area (Å²) in [4.78, 5) is 12.9. The summed E-state index contributed by atoms with van der Waals surface area (Å²) in [6.07, 6.45) is 1.48. The van der Waals surface area contributed by atoms with Gasteiger partial charge in [-0.2, -0.15) is 5.10 Å². The van der Waals surface area contributed by atoms with Gasteiger partial charge >= 0.3 is 0 Å². The van der Waals surface area contributed by atoms with E-state index in [1.165, 1.54) is 6.21 Å². The van der Waals surface area contributed by atoms with Crippen LogP contribution in [0.4, 0.5) is 0 Å². The highest BCUT2D eigenvalue weighted by atomic mass is 16.5. The number of hydrazone groups is 1. The number of ether oxygens (including phenoxy) is 1. The number of hydrogen-bond donors (Lipinski definition) is 2. The molecule has 0 unspecified atom stereocenters. The summed E-state index contributed by atoms with van der Waals surface area (Å²) in [7, 11) is 1.56. The van der Waals surface area contributed by atoms with E-state index in [0.717, 1.165) is 0 Å². The van der Waals surface area contributed by atoms with Crippen LogP contribution in [0.5, 0.6) is 5.75 Å². The van der Waals surface area contributed by atoms with E-state index in [4.69, 9.17) is 4.74 Å². The molecule has 5 nitrogen and oxygen atoms in total. The van der Waals surface area contributed by atoms with Crippen molar-refractivity contribution in [3.63, 3.8) is 0 Å². The SMILES string of the molecule is COc1ccccc1/C=N/NC(=O)C(O)(c1ccccc1)c1ccccc1. The van der Waals surface area contributed by atoms with Crippen LogP contribution in [0.15, 0.2) is 90.0 Å². The fourth-order valence-corrected chi connectivity index (χ4v) is 2.80. The van der Waals surface area contributed by atoms with E-state index in [1.54, 1.807) is 61.7 Å². The average Bonchev–Trinajstić information content (AvgIpc) is 2.74. The molecular weight excluding hydrogens is 340 g/mol. The Bertz CT molecular complexity index is 885. The summed E-state index contributed by atoms with van der Waals surface area (Å²) in [5.41, 5.74) is 2.21. The van der Waals surface area contributed by atoms with Crippen molar-refractivity contribution in [2.75, 3.05) is 7.11 Å². The second kappa shape index (κ2) is 8.29. The van der Waals surface area contributed by atoms with Gasteiger partial charge in [-0.1, -0.05) is 72.8 Å². The summed E-state index contributed by atoms with van der Waals surface area (Å²) in [6.45, 7) is 0. The molecule has 0 aliphatic rings. The molecule has 3 rings (SSSR count). The van der Waals surface area contributed by atoms with Gasteiger partial charge in [-0.25, -0.2) is 5.43 Å². The third kappa shape index (κ3) is 3.88. The van der Waals surface area contributed by atoms with E-state index >= 15 is 0 Å². The predicted molar refractivity (Wildman–Crippen MR) is 105 cm³/mol. The van der Waals surface area contributed by atoms with Gasteiger partial charge in [-0.05, 0) is 23.3 Å². The zero-order valence-electron chi connectivity index (χ0n) is 14.9. The van der Waals surface area contributed by atoms with Crippen molar-refractivity contribution in [3.05, 3.63) is 102 Å². The number of carbonyl (C=O) groups is 1. The van der Waals surface area contributed by atoms with Crippen molar-refractivity contribution < 1.29 is 14.6 Å². The normalized spacial score (nSPS) is 11.3. The number of methoxy groups -OCH3 is 1. The maximum absolute atomic E-state index is 12.9. The van der Waals surface area contributed by atoms with Gasteiger partial charge in [0.25, 0.3) is 5.91 Å². The zero-order chi connectivity index (χ0) is 19.1. The van der Waals surface area contributed by atoms with Crippen LogP contribution < -0.4 is 10.2 Å². The van der Waals surface area contributed by atoms with Gasteiger partial charge in [0.15, 0.2) is 5.60 Å². The lowest BCUT2D eigenvalue weighted by atomic mass is 9.85. The molecule has 27 heavy (non-hydrogen) atoms. The first-order valence-corrected chi connectivity index (χ1v) is 8.46. The first-order chi connectivity index (χ1) is 13.2. The van der Waals surface area contributed by atoms with Crippen LogP contribution >= 0.6 is 0 Å². The number of benzene rings is 3. The number of amides is 1. The van der Waals surface area contributed by atoms with Crippen LogP contribution in [0.2, 0.25) is 0 Å². The van der Waals surface area contributed by atoms with Gasteiger partial charge in [-0.15, -0.1) is 0 Å². The minimum Gasteiger partial charge on any atom is -0.496 e. The maximum Gasteiger partial charge on any atom is 0.281 e. The van der Waals surface area contributed by atoms with Gasteiger partial charge in [0.1, 0.15) is 5.75 Å². The fourth-order valence-electron chi connectivity index (χ4n) is 2.80. The minimum absolute atomic E-state index is 0.459. The molecule has 0 heterocycles. The van der Waals surface area contributed by atoms with Crippen LogP contribution in [-0.4, -0.2) is 24.3 Å². The molecule has 0 aliphatic carbocycles. The van der Waals surface area contributed by atoms with Crippen molar-refractivity contribution in [3.8, 4) is 5.75 Å². The maximum atomic E-state index is 12.9. The largest absolute Gasteiger partial charge is 0.496 e. The molecule has 0 bridgehead atoms. The van der Waals surface area contributed by atoms with Crippen molar-refractivity contribution >= 4 is 12.1 Å². The smallest absolute Gasteiger partial charge is 0.281 e.